The van der Waals surface area contributed by atoms with Crippen molar-refractivity contribution >= 4 is 12.0 Å². The van der Waals surface area contributed by atoms with Gasteiger partial charge in [0.15, 0.2) is 11.5 Å². The van der Waals surface area contributed by atoms with Crippen molar-refractivity contribution in [2.75, 3.05) is 13.7 Å². The van der Waals surface area contributed by atoms with E-state index in [9.17, 15) is 4.79 Å². The molecule has 0 saturated carbocycles. The summed E-state index contributed by atoms with van der Waals surface area (Å²) in [6.45, 7) is 4.54. The average Bonchev–Trinajstić information content (AvgIpc) is 3.07. The molecule has 0 amide bonds. The lowest BCUT2D eigenvalue weighted by Crippen LogP contribution is -2.13. The van der Waals surface area contributed by atoms with Gasteiger partial charge in [-0.25, -0.2) is 4.79 Å². The second kappa shape index (κ2) is 9.96. The molecule has 2 aromatic rings. The molecule has 1 atom stereocenters. The van der Waals surface area contributed by atoms with E-state index in [1.165, 1.54) is 6.08 Å². The van der Waals surface area contributed by atoms with Gasteiger partial charge in [0.2, 0.25) is 0 Å². The number of methoxy groups -OCH3 is 1. The zero-order valence-corrected chi connectivity index (χ0v) is 17.1. The number of esters is 1. The molecule has 0 spiro atoms. The third-order valence-corrected chi connectivity index (χ3v) is 4.99. The highest BCUT2D eigenvalue weighted by Gasteiger charge is 2.13. The molecule has 1 aliphatic rings. The average molecular weight is 397 g/mol. The van der Waals surface area contributed by atoms with E-state index in [1.807, 2.05) is 32.0 Å². The quantitative estimate of drug-likeness (QED) is 0.362. The van der Waals surface area contributed by atoms with Crippen molar-refractivity contribution in [3.05, 3.63) is 59.0 Å². The number of nitrogens with zero attached hydrogens (tertiary/aromatic N) is 1. The first-order valence-electron chi connectivity index (χ1n) is 9.79. The van der Waals surface area contributed by atoms with Gasteiger partial charge >= 0.3 is 5.97 Å². The summed E-state index contributed by atoms with van der Waals surface area (Å²) in [4.78, 5) is 12.0. The Kier molecular flexibility index (Phi) is 7.11. The lowest BCUT2D eigenvalue weighted by molar-refractivity contribution is -0.139. The first-order valence-corrected chi connectivity index (χ1v) is 9.79. The van der Waals surface area contributed by atoms with Crippen LogP contribution in [0.5, 0.6) is 11.5 Å². The molecule has 1 aromatic carbocycles. The second-order valence-corrected chi connectivity index (χ2v) is 7.12. The molecule has 6 nitrogen and oxygen atoms in total. The Bertz CT molecular complexity index is 877. The van der Waals surface area contributed by atoms with E-state index in [4.69, 9.17) is 18.7 Å². The highest BCUT2D eigenvalue weighted by atomic mass is 16.5. The molecule has 1 heterocycles. The van der Waals surface area contributed by atoms with Crippen LogP contribution >= 0.6 is 0 Å². The molecule has 0 radical (unpaired) electrons. The fraction of sp³-hybridized carbons (Fsp3) is 0.391. The van der Waals surface area contributed by atoms with Gasteiger partial charge in [0, 0.05) is 6.08 Å². The minimum Gasteiger partial charge on any atom is -0.493 e. The summed E-state index contributed by atoms with van der Waals surface area (Å²) in [5, 5.41) is 3.93. The Morgan fingerprint density at radius 3 is 2.83 bits per heavy atom. The van der Waals surface area contributed by atoms with Gasteiger partial charge in [-0.2, -0.15) is 0 Å². The van der Waals surface area contributed by atoms with E-state index < -0.39 is 0 Å². The van der Waals surface area contributed by atoms with Crippen molar-refractivity contribution in [1.82, 2.24) is 5.16 Å². The SMILES string of the molecule is COc1cc(/C=C/C(=O)OCC2CC=CCC2)ccc1OCc1c(C)noc1C. The van der Waals surface area contributed by atoms with Gasteiger partial charge < -0.3 is 18.7 Å². The Labute approximate surface area is 171 Å². The zero-order chi connectivity index (χ0) is 20.6. The number of allylic oxidation sites excluding steroid dienone is 2. The van der Waals surface area contributed by atoms with Crippen molar-refractivity contribution in [1.29, 1.82) is 0 Å². The number of hydrogen-bond acceptors (Lipinski definition) is 6. The Morgan fingerprint density at radius 2 is 2.14 bits per heavy atom. The third kappa shape index (κ3) is 5.73. The molecular formula is C23H27NO5. The summed E-state index contributed by atoms with van der Waals surface area (Å²) in [7, 11) is 1.58. The van der Waals surface area contributed by atoms with Gasteiger partial charge in [0.1, 0.15) is 12.4 Å². The maximum absolute atomic E-state index is 12.0. The number of benzene rings is 1. The van der Waals surface area contributed by atoms with Crippen molar-refractivity contribution in [3.63, 3.8) is 0 Å². The number of rotatable bonds is 8. The molecule has 0 saturated heterocycles. The van der Waals surface area contributed by atoms with E-state index in [0.29, 0.717) is 30.6 Å². The summed E-state index contributed by atoms with van der Waals surface area (Å²) in [5.41, 5.74) is 2.56. The van der Waals surface area contributed by atoms with Crippen LogP contribution in [0.2, 0.25) is 0 Å². The van der Waals surface area contributed by atoms with Gasteiger partial charge in [0.05, 0.1) is 25.0 Å². The molecular weight excluding hydrogens is 370 g/mol. The lowest BCUT2D eigenvalue weighted by atomic mass is 9.95. The molecule has 154 valence electrons. The van der Waals surface area contributed by atoms with E-state index >= 15 is 0 Å². The van der Waals surface area contributed by atoms with Crippen molar-refractivity contribution in [2.45, 2.75) is 39.7 Å². The maximum Gasteiger partial charge on any atom is 0.330 e. The number of aromatic nitrogens is 1. The van der Waals surface area contributed by atoms with Gasteiger partial charge in [-0.1, -0.05) is 23.4 Å². The number of hydrogen-bond donors (Lipinski definition) is 0. The predicted octanol–water partition coefficient (Wildman–Crippen LogP) is 4.79. The van der Waals surface area contributed by atoms with Crippen LogP contribution in [-0.2, 0) is 16.1 Å². The zero-order valence-electron chi connectivity index (χ0n) is 17.1. The predicted molar refractivity (Wildman–Crippen MR) is 110 cm³/mol. The topological polar surface area (TPSA) is 70.8 Å². The number of ether oxygens (including phenoxy) is 3. The monoisotopic (exact) mass is 397 g/mol. The van der Waals surface area contributed by atoms with Gasteiger partial charge in [-0.15, -0.1) is 0 Å². The molecule has 3 rings (SSSR count). The first-order chi connectivity index (χ1) is 14.1. The van der Waals surface area contributed by atoms with Gasteiger partial charge in [-0.05, 0) is 62.8 Å². The fourth-order valence-electron chi connectivity index (χ4n) is 3.19. The fourth-order valence-corrected chi connectivity index (χ4v) is 3.19. The first kappa shape index (κ1) is 20.7. The van der Waals surface area contributed by atoms with Crippen LogP contribution in [0.15, 0.2) is 41.0 Å². The van der Waals surface area contributed by atoms with Crippen molar-refractivity contribution in [3.8, 4) is 11.5 Å². The van der Waals surface area contributed by atoms with Crippen LogP contribution in [0.1, 0.15) is 41.8 Å². The van der Waals surface area contributed by atoms with Crippen LogP contribution in [0, 0.1) is 19.8 Å². The van der Waals surface area contributed by atoms with Crippen LogP contribution < -0.4 is 9.47 Å². The van der Waals surface area contributed by atoms with Crippen molar-refractivity contribution in [2.24, 2.45) is 5.92 Å². The highest BCUT2D eigenvalue weighted by molar-refractivity contribution is 5.87. The third-order valence-electron chi connectivity index (χ3n) is 4.99. The lowest BCUT2D eigenvalue weighted by Gasteiger charge is -2.16. The molecule has 0 aliphatic heterocycles. The number of carbonyl (C=O) groups is 1. The van der Waals surface area contributed by atoms with Crippen LogP contribution in [-0.4, -0.2) is 24.8 Å². The Balaban J connectivity index is 1.56. The molecule has 6 heteroatoms. The standard InChI is InChI=1S/C23H27NO5/c1-16-20(17(2)29-24-16)15-27-21-11-9-18(13-22(21)26-3)10-12-23(25)28-14-19-7-5-4-6-8-19/h4-5,9-13,19H,6-8,14-15H2,1-3H3/b12-10+. The highest BCUT2D eigenvalue weighted by Crippen LogP contribution is 2.30. The van der Waals surface area contributed by atoms with Gasteiger partial charge in [-0.3, -0.25) is 0 Å². The normalized spacial score (nSPS) is 16.2. The van der Waals surface area contributed by atoms with Gasteiger partial charge in [0.25, 0.3) is 0 Å². The summed E-state index contributed by atoms with van der Waals surface area (Å²) in [6, 6.07) is 5.50. The minimum atomic E-state index is -0.336. The van der Waals surface area contributed by atoms with Crippen LogP contribution in [0.25, 0.3) is 6.08 Å². The molecule has 1 aromatic heterocycles. The Hall–Kier alpha value is -3.02. The number of carbonyl (C=O) groups excluding carboxylic acids is 1. The van der Waals surface area contributed by atoms with E-state index in [1.54, 1.807) is 13.2 Å². The summed E-state index contributed by atoms with van der Waals surface area (Å²) < 4.78 is 21.8. The van der Waals surface area contributed by atoms with E-state index in [-0.39, 0.29) is 5.97 Å². The minimum absolute atomic E-state index is 0.336. The largest absolute Gasteiger partial charge is 0.493 e. The molecule has 0 bridgehead atoms. The van der Waals surface area contributed by atoms with Crippen LogP contribution in [0.4, 0.5) is 0 Å². The molecule has 1 aliphatic carbocycles. The van der Waals surface area contributed by atoms with Crippen molar-refractivity contribution < 1.29 is 23.5 Å². The molecule has 29 heavy (non-hydrogen) atoms. The molecule has 0 N–H and O–H groups in total. The Morgan fingerprint density at radius 1 is 1.28 bits per heavy atom. The summed E-state index contributed by atoms with van der Waals surface area (Å²) in [5.74, 6) is 2.02. The van der Waals surface area contributed by atoms with E-state index in [2.05, 4.69) is 17.3 Å². The smallest absolute Gasteiger partial charge is 0.330 e. The second-order valence-electron chi connectivity index (χ2n) is 7.12. The molecule has 1 unspecified atom stereocenters. The van der Waals surface area contributed by atoms with E-state index in [0.717, 1.165) is 41.8 Å². The summed E-state index contributed by atoms with van der Waals surface area (Å²) in [6.07, 6.45) is 10.6. The number of aryl methyl sites for hydroxylation is 2. The maximum atomic E-state index is 12.0. The summed E-state index contributed by atoms with van der Waals surface area (Å²) >= 11 is 0. The molecule has 0 fully saturated rings. The van der Waals surface area contributed by atoms with Crippen LogP contribution in [0.3, 0.4) is 0 Å².